The summed E-state index contributed by atoms with van der Waals surface area (Å²) in [5.74, 6) is -0.180. The van der Waals surface area contributed by atoms with Crippen LogP contribution < -0.4 is 5.32 Å². The molecule has 2 rings (SSSR count). The lowest BCUT2D eigenvalue weighted by atomic mass is 10.0. The highest BCUT2D eigenvalue weighted by molar-refractivity contribution is 5.90. The van der Waals surface area contributed by atoms with E-state index in [1.165, 1.54) is 0 Å². The van der Waals surface area contributed by atoms with Crippen molar-refractivity contribution >= 4 is 5.91 Å². The van der Waals surface area contributed by atoms with Crippen LogP contribution in [0.2, 0.25) is 0 Å². The Morgan fingerprint density at radius 1 is 1.33 bits per heavy atom. The molecular formula is C9H15N5O. The monoisotopic (exact) mass is 209 g/mol. The van der Waals surface area contributed by atoms with Gasteiger partial charge in [0.15, 0.2) is 0 Å². The molecule has 82 valence electrons. The van der Waals surface area contributed by atoms with Gasteiger partial charge in [0, 0.05) is 6.04 Å². The third-order valence-electron chi connectivity index (χ3n) is 3.84. The molecule has 2 N–H and O–H groups in total. The van der Waals surface area contributed by atoms with Crippen LogP contribution in [0.3, 0.4) is 0 Å². The zero-order valence-corrected chi connectivity index (χ0v) is 9.33. The maximum atomic E-state index is 11.6. The van der Waals surface area contributed by atoms with Crippen LogP contribution in [-0.4, -0.2) is 32.6 Å². The third kappa shape index (κ3) is 1.32. The van der Waals surface area contributed by atoms with Crippen LogP contribution >= 0.6 is 0 Å². The van der Waals surface area contributed by atoms with Gasteiger partial charge in [-0.05, 0) is 16.0 Å². The molecule has 0 unspecified atom stereocenters. The number of rotatable bonds is 2. The fraction of sp³-hybridized carbons (Fsp3) is 0.778. The Balaban J connectivity index is 2.04. The summed E-state index contributed by atoms with van der Waals surface area (Å²) in [5, 5.41) is 15.8. The summed E-state index contributed by atoms with van der Waals surface area (Å²) in [6.07, 6.45) is 0. The van der Waals surface area contributed by atoms with Crippen LogP contribution in [0.4, 0.5) is 0 Å². The zero-order valence-electron chi connectivity index (χ0n) is 9.33. The van der Waals surface area contributed by atoms with Gasteiger partial charge in [-0.25, -0.2) is 0 Å². The molecule has 1 amide bonds. The highest BCUT2D eigenvalue weighted by atomic mass is 16.2. The summed E-state index contributed by atoms with van der Waals surface area (Å²) < 4.78 is 0. The van der Waals surface area contributed by atoms with Crippen molar-refractivity contribution in [3.63, 3.8) is 0 Å². The number of carbonyl (C=O) groups excluding carboxylic acids is 1. The molecule has 0 atom stereocenters. The van der Waals surface area contributed by atoms with Gasteiger partial charge in [0.25, 0.3) is 11.7 Å². The molecule has 1 aliphatic rings. The molecule has 6 heteroatoms. The van der Waals surface area contributed by atoms with Crippen molar-refractivity contribution < 1.29 is 4.79 Å². The van der Waals surface area contributed by atoms with Crippen molar-refractivity contribution in [3.8, 4) is 0 Å². The van der Waals surface area contributed by atoms with Crippen LogP contribution in [0.25, 0.3) is 0 Å². The Labute approximate surface area is 87.8 Å². The Kier molecular flexibility index (Phi) is 1.86. The molecular weight excluding hydrogens is 194 g/mol. The SMILES string of the molecule is CC1(C)C(NC(=O)c2nn[nH]n2)C1(C)C. The fourth-order valence-corrected chi connectivity index (χ4v) is 2.01. The lowest BCUT2D eigenvalue weighted by Gasteiger charge is -2.02. The van der Waals surface area contributed by atoms with E-state index in [1.807, 2.05) is 0 Å². The molecule has 15 heavy (non-hydrogen) atoms. The smallest absolute Gasteiger partial charge is 0.293 e. The normalized spacial score (nSPS) is 22.4. The molecule has 6 nitrogen and oxygen atoms in total. The summed E-state index contributed by atoms with van der Waals surface area (Å²) in [7, 11) is 0. The second-order valence-corrected chi connectivity index (χ2v) is 5.09. The topological polar surface area (TPSA) is 83.6 Å². The van der Waals surface area contributed by atoms with Crippen LogP contribution in [0.5, 0.6) is 0 Å². The lowest BCUT2D eigenvalue weighted by molar-refractivity contribution is 0.0933. The van der Waals surface area contributed by atoms with Gasteiger partial charge in [0.2, 0.25) is 0 Å². The molecule has 0 bridgehead atoms. The summed E-state index contributed by atoms with van der Waals surface area (Å²) in [6.45, 7) is 8.53. The molecule has 0 aromatic carbocycles. The van der Waals surface area contributed by atoms with E-state index in [0.29, 0.717) is 0 Å². The number of aromatic amines is 1. The number of hydrogen-bond donors (Lipinski definition) is 2. The Morgan fingerprint density at radius 3 is 2.33 bits per heavy atom. The van der Waals surface area contributed by atoms with E-state index in [0.717, 1.165) is 0 Å². The predicted molar refractivity (Wildman–Crippen MR) is 53.0 cm³/mol. The van der Waals surface area contributed by atoms with Crippen molar-refractivity contribution in [1.29, 1.82) is 0 Å². The first-order chi connectivity index (χ1) is 6.87. The first-order valence-electron chi connectivity index (χ1n) is 4.91. The maximum absolute atomic E-state index is 11.6. The predicted octanol–water partition coefficient (Wildman–Crippen LogP) is 0.364. The number of carbonyl (C=O) groups is 1. The number of nitrogens with one attached hydrogen (secondary N) is 2. The number of H-pyrrole nitrogens is 1. The standard InChI is InChI=1S/C9H15N5O/c1-8(2)7(9(8,3)4)10-6(15)5-11-13-14-12-5/h7H,1-4H3,(H,10,15)(H,11,12,13,14). The quantitative estimate of drug-likeness (QED) is 0.736. The summed E-state index contributed by atoms with van der Waals surface area (Å²) in [5.41, 5.74) is 0.235. The van der Waals surface area contributed by atoms with E-state index in [4.69, 9.17) is 0 Å². The Bertz CT molecular complexity index is 367. The van der Waals surface area contributed by atoms with Crippen molar-refractivity contribution in [2.45, 2.75) is 33.7 Å². The van der Waals surface area contributed by atoms with Gasteiger partial charge >= 0.3 is 0 Å². The Morgan fingerprint density at radius 2 is 1.93 bits per heavy atom. The molecule has 1 aromatic heterocycles. The van der Waals surface area contributed by atoms with Crippen molar-refractivity contribution in [2.75, 3.05) is 0 Å². The van der Waals surface area contributed by atoms with Crippen molar-refractivity contribution in [2.24, 2.45) is 10.8 Å². The second-order valence-electron chi connectivity index (χ2n) is 5.09. The molecule has 0 spiro atoms. The first-order valence-corrected chi connectivity index (χ1v) is 4.91. The van der Waals surface area contributed by atoms with Gasteiger partial charge < -0.3 is 5.32 Å². The number of amides is 1. The first kappa shape index (κ1) is 10.1. The molecule has 0 saturated heterocycles. The fourth-order valence-electron chi connectivity index (χ4n) is 2.01. The van der Waals surface area contributed by atoms with E-state index >= 15 is 0 Å². The summed E-state index contributed by atoms with van der Waals surface area (Å²) in [6, 6.07) is 0.163. The number of tetrazole rings is 1. The number of nitrogens with zero attached hydrogens (tertiary/aromatic N) is 3. The molecule has 1 heterocycles. The van der Waals surface area contributed by atoms with Crippen molar-refractivity contribution in [3.05, 3.63) is 5.82 Å². The maximum Gasteiger partial charge on any atom is 0.293 e. The molecule has 1 aromatic rings. The van der Waals surface area contributed by atoms with Crippen LogP contribution in [0.1, 0.15) is 38.3 Å². The molecule has 1 saturated carbocycles. The van der Waals surface area contributed by atoms with Crippen LogP contribution in [-0.2, 0) is 0 Å². The van der Waals surface area contributed by atoms with E-state index in [-0.39, 0.29) is 28.6 Å². The average Bonchev–Trinajstić information content (AvgIpc) is 2.65. The Hall–Kier alpha value is -1.46. The number of aromatic nitrogens is 4. The van der Waals surface area contributed by atoms with Crippen LogP contribution in [0, 0.1) is 10.8 Å². The largest absolute Gasteiger partial charge is 0.345 e. The van der Waals surface area contributed by atoms with Gasteiger partial charge in [-0.1, -0.05) is 27.7 Å². The second kappa shape index (κ2) is 2.77. The van der Waals surface area contributed by atoms with E-state index in [9.17, 15) is 4.79 Å². The van der Waals surface area contributed by atoms with E-state index in [1.54, 1.807) is 0 Å². The van der Waals surface area contributed by atoms with E-state index < -0.39 is 0 Å². The molecule has 1 aliphatic carbocycles. The lowest BCUT2D eigenvalue weighted by Crippen LogP contribution is -2.30. The molecule has 0 radical (unpaired) electrons. The van der Waals surface area contributed by atoms with Gasteiger partial charge in [0.05, 0.1) is 0 Å². The summed E-state index contributed by atoms with van der Waals surface area (Å²) >= 11 is 0. The van der Waals surface area contributed by atoms with Crippen LogP contribution in [0.15, 0.2) is 0 Å². The highest BCUT2D eigenvalue weighted by Crippen LogP contribution is 2.62. The molecule has 1 fully saturated rings. The van der Waals surface area contributed by atoms with E-state index in [2.05, 4.69) is 53.6 Å². The van der Waals surface area contributed by atoms with Gasteiger partial charge in [0.1, 0.15) is 0 Å². The van der Waals surface area contributed by atoms with Gasteiger partial charge in [-0.2, -0.15) is 5.21 Å². The third-order valence-corrected chi connectivity index (χ3v) is 3.84. The highest BCUT2D eigenvalue weighted by Gasteiger charge is 2.65. The zero-order chi connectivity index (χ0) is 11.3. The van der Waals surface area contributed by atoms with Gasteiger partial charge in [-0.3, -0.25) is 4.79 Å². The minimum Gasteiger partial charge on any atom is -0.345 e. The van der Waals surface area contributed by atoms with Crippen molar-refractivity contribution in [1.82, 2.24) is 25.9 Å². The average molecular weight is 209 g/mol. The summed E-state index contributed by atoms with van der Waals surface area (Å²) in [4.78, 5) is 11.6. The minimum absolute atomic E-state index is 0.0912. The molecule has 0 aliphatic heterocycles. The van der Waals surface area contributed by atoms with Gasteiger partial charge in [-0.15, -0.1) is 10.2 Å². The number of hydrogen-bond acceptors (Lipinski definition) is 4. The minimum atomic E-state index is -0.271.